The second-order valence-corrected chi connectivity index (χ2v) is 2.53. The summed E-state index contributed by atoms with van der Waals surface area (Å²) in [6.45, 7) is 5.59. The molecule has 59 valence electrons. The first-order valence-corrected chi connectivity index (χ1v) is 3.79. The summed E-state index contributed by atoms with van der Waals surface area (Å²) >= 11 is 0. The predicted octanol–water partition coefficient (Wildman–Crippen LogP) is -0.101. The molecule has 0 saturated carbocycles. The van der Waals surface area contributed by atoms with Crippen LogP contribution in [0.1, 0.15) is 6.92 Å². The van der Waals surface area contributed by atoms with Crippen LogP contribution in [-0.4, -0.2) is 44.4 Å². The fourth-order valence-electron chi connectivity index (χ4n) is 0.985. The van der Waals surface area contributed by atoms with Crippen LogP contribution in [0, 0.1) is 0 Å². The topological polar surface area (TPSA) is 26.6 Å². The van der Waals surface area contributed by atoms with E-state index in [0.29, 0.717) is 6.17 Å². The normalized spacial score (nSPS) is 27.3. The Hall–Kier alpha value is -0.120. The summed E-state index contributed by atoms with van der Waals surface area (Å²) < 4.78 is 5.27. The Morgan fingerprint density at radius 1 is 1.70 bits per heavy atom. The smallest absolute Gasteiger partial charge is 0.0996 e. The first-order valence-electron chi connectivity index (χ1n) is 3.79. The number of nitrogens with zero attached hydrogens (tertiary/aromatic N) is 2. The van der Waals surface area contributed by atoms with Crippen LogP contribution in [-0.2, 0) is 4.74 Å². The van der Waals surface area contributed by atoms with Gasteiger partial charge in [-0.25, -0.2) is 5.32 Å². The van der Waals surface area contributed by atoms with E-state index in [1.165, 1.54) is 0 Å². The number of morpholine rings is 1. The van der Waals surface area contributed by atoms with E-state index in [-0.39, 0.29) is 0 Å². The SMILES string of the molecule is CCN(C)C1COCC[N]1. The molecule has 1 heterocycles. The summed E-state index contributed by atoms with van der Waals surface area (Å²) in [6.07, 6.45) is 0.304. The molecule has 1 aliphatic heterocycles. The average Bonchev–Trinajstić information content (AvgIpc) is 2.05. The molecule has 0 aromatic carbocycles. The largest absolute Gasteiger partial charge is 0.377 e. The molecule has 3 nitrogen and oxygen atoms in total. The monoisotopic (exact) mass is 143 g/mol. The zero-order valence-electron chi connectivity index (χ0n) is 6.71. The van der Waals surface area contributed by atoms with Crippen molar-refractivity contribution in [2.45, 2.75) is 13.1 Å². The van der Waals surface area contributed by atoms with E-state index in [1.807, 2.05) is 0 Å². The van der Waals surface area contributed by atoms with Gasteiger partial charge in [0, 0.05) is 6.54 Å². The van der Waals surface area contributed by atoms with Crippen molar-refractivity contribution in [1.29, 1.82) is 0 Å². The first kappa shape index (κ1) is 7.98. The van der Waals surface area contributed by atoms with Crippen LogP contribution in [0.4, 0.5) is 0 Å². The number of rotatable bonds is 2. The Kier molecular flexibility index (Phi) is 3.12. The predicted molar refractivity (Wildman–Crippen MR) is 39.9 cm³/mol. The zero-order valence-corrected chi connectivity index (χ0v) is 6.71. The van der Waals surface area contributed by atoms with E-state index in [4.69, 9.17) is 4.74 Å². The molecule has 0 N–H and O–H groups in total. The molecule has 0 aromatic rings. The summed E-state index contributed by atoms with van der Waals surface area (Å²) in [5, 5.41) is 4.40. The van der Waals surface area contributed by atoms with Crippen LogP contribution in [0.15, 0.2) is 0 Å². The molecule has 1 rings (SSSR count). The molecular formula is C7H15N2O. The lowest BCUT2D eigenvalue weighted by Crippen LogP contribution is -2.47. The second-order valence-electron chi connectivity index (χ2n) is 2.53. The van der Waals surface area contributed by atoms with Gasteiger partial charge < -0.3 is 4.74 Å². The van der Waals surface area contributed by atoms with Crippen molar-refractivity contribution in [3.05, 3.63) is 0 Å². The summed E-state index contributed by atoms with van der Waals surface area (Å²) in [6, 6.07) is 0. The van der Waals surface area contributed by atoms with Gasteiger partial charge in [-0.2, -0.15) is 0 Å². The van der Waals surface area contributed by atoms with Crippen LogP contribution in [0.3, 0.4) is 0 Å². The third-order valence-electron chi connectivity index (χ3n) is 1.85. The third kappa shape index (κ3) is 1.94. The summed E-state index contributed by atoms with van der Waals surface area (Å²) in [7, 11) is 2.07. The first-order chi connectivity index (χ1) is 4.84. The second kappa shape index (κ2) is 3.91. The highest BCUT2D eigenvalue weighted by Gasteiger charge is 2.16. The van der Waals surface area contributed by atoms with Gasteiger partial charge in [0.15, 0.2) is 0 Å². The van der Waals surface area contributed by atoms with Crippen molar-refractivity contribution in [1.82, 2.24) is 10.2 Å². The van der Waals surface area contributed by atoms with E-state index in [2.05, 4.69) is 24.2 Å². The van der Waals surface area contributed by atoms with Crippen LogP contribution in [0.25, 0.3) is 0 Å². The Morgan fingerprint density at radius 3 is 3.00 bits per heavy atom. The van der Waals surface area contributed by atoms with Crippen LogP contribution >= 0.6 is 0 Å². The van der Waals surface area contributed by atoms with Gasteiger partial charge in [-0.1, -0.05) is 6.92 Å². The van der Waals surface area contributed by atoms with E-state index in [9.17, 15) is 0 Å². The molecule has 1 fully saturated rings. The molecule has 1 unspecified atom stereocenters. The van der Waals surface area contributed by atoms with Crippen molar-refractivity contribution < 1.29 is 4.74 Å². The lowest BCUT2D eigenvalue weighted by molar-refractivity contribution is 0.0185. The maximum absolute atomic E-state index is 5.27. The van der Waals surface area contributed by atoms with Crippen molar-refractivity contribution in [2.24, 2.45) is 0 Å². The van der Waals surface area contributed by atoms with E-state index < -0.39 is 0 Å². The molecule has 1 saturated heterocycles. The molecule has 0 amide bonds. The van der Waals surface area contributed by atoms with Gasteiger partial charge in [-0.15, -0.1) is 0 Å². The molecule has 0 spiro atoms. The highest BCUT2D eigenvalue weighted by Crippen LogP contribution is 1.98. The zero-order chi connectivity index (χ0) is 7.40. The van der Waals surface area contributed by atoms with Crippen molar-refractivity contribution in [3.63, 3.8) is 0 Å². The molecule has 0 aromatic heterocycles. The third-order valence-corrected chi connectivity index (χ3v) is 1.85. The Balaban J connectivity index is 2.24. The van der Waals surface area contributed by atoms with Gasteiger partial charge >= 0.3 is 0 Å². The maximum Gasteiger partial charge on any atom is 0.0996 e. The van der Waals surface area contributed by atoms with Gasteiger partial charge in [0.25, 0.3) is 0 Å². The van der Waals surface area contributed by atoms with E-state index in [1.54, 1.807) is 0 Å². The molecule has 3 heteroatoms. The molecular weight excluding hydrogens is 128 g/mol. The number of hydrogen-bond acceptors (Lipinski definition) is 2. The number of hydrogen-bond donors (Lipinski definition) is 0. The summed E-state index contributed by atoms with van der Waals surface area (Å²) in [5.74, 6) is 0. The average molecular weight is 143 g/mol. The molecule has 0 bridgehead atoms. The van der Waals surface area contributed by atoms with E-state index >= 15 is 0 Å². The highest BCUT2D eigenvalue weighted by molar-refractivity contribution is 4.67. The maximum atomic E-state index is 5.27. The molecule has 1 atom stereocenters. The minimum atomic E-state index is 0.304. The van der Waals surface area contributed by atoms with Gasteiger partial charge in [0.1, 0.15) is 0 Å². The molecule has 1 radical (unpaired) electrons. The van der Waals surface area contributed by atoms with Gasteiger partial charge in [0.2, 0.25) is 0 Å². The molecule has 0 aliphatic carbocycles. The fourth-order valence-corrected chi connectivity index (χ4v) is 0.985. The number of likely N-dealkylation sites (N-methyl/N-ethyl adjacent to an activating group) is 1. The minimum absolute atomic E-state index is 0.304. The summed E-state index contributed by atoms with van der Waals surface area (Å²) in [5.41, 5.74) is 0. The van der Waals surface area contributed by atoms with Crippen molar-refractivity contribution in [2.75, 3.05) is 33.4 Å². The fraction of sp³-hybridized carbons (Fsp3) is 1.00. The summed E-state index contributed by atoms with van der Waals surface area (Å²) in [4.78, 5) is 2.19. The van der Waals surface area contributed by atoms with Crippen LogP contribution in [0.2, 0.25) is 0 Å². The molecule has 10 heavy (non-hydrogen) atoms. The Morgan fingerprint density at radius 2 is 2.50 bits per heavy atom. The highest BCUT2D eigenvalue weighted by atomic mass is 16.5. The number of ether oxygens (including phenoxy) is 1. The van der Waals surface area contributed by atoms with E-state index in [0.717, 1.165) is 26.3 Å². The van der Waals surface area contributed by atoms with Gasteiger partial charge in [-0.05, 0) is 13.6 Å². The standard InChI is InChI=1S/C7H15N2O/c1-3-9(2)7-6-10-5-4-8-7/h7H,3-6H2,1-2H3. The van der Waals surface area contributed by atoms with Crippen LogP contribution in [0.5, 0.6) is 0 Å². The Bertz CT molecular complexity index is 91.6. The Labute approximate surface area is 62.3 Å². The quantitative estimate of drug-likeness (QED) is 0.539. The minimum Gasteiger partial charge on any atom is -0.377 e. The van der Waals surface area contributed by atoms with Gasteiger partial charge in [0.05, 0.1) is 19.4 Å². The van der Waals surface area contributed by atoms with Crippen molar-refractivity contribution in [3.8, 4) is 0 Å². The lowest BCUT2D eigenvalue weighted by Gasteiger charge is -2.29. The van der Waals surface area contributed by atoms with Crippen LogP contribution < -0.4 is 5.32 Å². The van der Waals surface area contributed by atoms with Crippen molar-refractivity contribution >= 4 is 0 Å². The lowest BCUT2D eigenvalue weighted by atomic mass is 10.4. The molecule has 1 aliphatic rings. The van der Waals surface area contributed by atoms with Gasteiger partial charge in [-0.3, -0.25) is 4.90 Å².